The molecule has 1 saturated heterocycles. The number of alkyl halides is 3. The maximum atomic E-state index is 13.0. The van der Waals surface area contributed by atoms with E-state index in [1.165, 1.54) is 6.07 Å². The van der Waals surface area contributed by atoms with Crippen molar-refractivity contribution < 1.29 is 22.6 Å². The van der Waals surface area contributed by atoms with E-state index < -0.39 is 11.7 Å². The maximum absolute atomic E-state index is 13.0. The van der Waals surface area contributed by atoms with Gasteiger partial charge in [-0.2, -0.15) is 13.2 Å². The molecule has 0 saturated carbocycles. The quantitative estimate of drug-likeness (QED) is 0.433. The molecule has 0 atom stereocenters. The summed E-state index contributed by atoms with van der Waals surface area (Å²) in [5.74, 6) is 0.776. The first-order valence-corrected chi connectivity index (χ1v) is 12.0. The van der Waals surface area contributed by atoms with Gasteiger partial charge in [-0.3, -0.25) is 4.90 Å². The number of benzene rings is 2. The minimum Gasteiger partial charge on any atom is -0.494 e. The summed E-state index contributed by atoms with van der Waals surface area (Å²) in [7, 11) is 0. The molecule has 0 aliphatic carbocycles. The molecule has 1 aliphatic rings. The van der Waals surface area contributed by atoms with Crippen LogP contribution in [0.4, 0.5) is 18.9 Å². The monoisotopic (exact) mass is 515 g/mol. The Kier molecular flexibility index (Phi) is 9.82. The van der Waals surface area contributed by atoms with Crippen LogP contribution in [0.1, 0.15) is 24.5 Å². The van der Waals surface area contributed by atoms with Gasteiger partial charge < -0.3 is 19.7 Å². The summed E-state index contributed by atoms with van der Waals surface area (Å²) >= 11 is 11.8. The Morgan fingerprint density at radius 3 is 2.62 bits per heavy atom. The van der Waals surface area contributed by atoms with Crippen molar-refractivity contribution in [3.63, 3.8) is 0 Å². The van der Waals surface area contributed by atoms with Crippen molar-refractivity contribution in [3.8, 4) is 5.75 Å². The predicted molar refractivity (Wildman–Crippen MR) is 133 cm³/mol. The lowest BCUT2D eigenvalue weighted by Crippen LogP contribution is -2.40. The molecule has 1 aliphatic heterocycles. The van der Waals surface area contributed by atoms with Crippen LogP contribution in [0.5, 0.6) is 5.75 Å². The van der Waals surface area contributed by atoms with Gasteiger partial charge in [-0.15, -0.1) is 0 Å². The third-order valence-electron chi connectivity index (χ3n) is 5.46. The van der Waals surface area contributed by atoms with Crippen LogP contribution in [0.3, 0.4) is 0 Å². The van der Waals surface area contributed by atoms with E-state index in [0.717, 1.165) is 62.7 Å². The van der Waals surface area contributed by atoms with Crippen molar-refractivity contribution in [1.29, 1.82) is 0 Å². The van der Waals surface area contributed by atoms with Crippen molar-refractivity contribution in [1.82, 2.24) is 9.80 Å². The van der Waals surface area contributed by atoms with Crippen molar-refractivity contribution in [2.45, 2.75) is 26.1 Å². The molecule has 0 unspecified atom stereocenters. The van der Waals surface area contributed by atoms with Gasteiger partial charge in [0.15, 0.2) is 5.11 Å². The number of anilines is 1. The predicted octanol–water partition coefficient (Wildman–Crippen LogP) is 5.68. The van der Waals surface area contributed by atoms with E-state index in [2.05, 4.69) is 10.2 Å². The first kappa shape index (κ1) is 26.5. The van der Waals surface area contributed by atoms with Crippen molar-refractivity contribution >= 4 is 34.6 Å². The molecule has 0 spiro atoms. The lowest BCUT2D eigenvalue weighted by atomic mass is 10.2. The molecule has 10 heteroatoms. The lowest BCUT2D eigenvalue weighted by Gasteiger charge is -2.30. The van der Waals surface area contributed by atoms with Gasteiger partial charge in [0.1, 0.15) is 5.75 Å². The number of nitrogens with zero attached hydrogens (tertiary/aromatic N) is 2. The molecule has 1 N–H and O–H groups in total. The number of hydrogen-bond acceptors (Lipinski definition) is 4. The zero-order valence-electron chi connectivity index (χ0n) is 19.0. The fourth-order valence-electron chi connectivity index (χ4n) is 3.69. The summed E-state index contributed by atoms with van der Waals surface area (Å²) in [5, 5.41) is 3.38. The van der Waals surface area contributed by atoms with Gasteiger partial charge >= 0.3 is 6.18 Å². The minimum atomic E-state index is -4.46. The molecule has 1 fully saturated rings. The molecule has 5 nitrogen and oxygen atoms in total. The normalized spacial score (nSPS) is 14.6. The SMILES string of the molecule is CCOc1ccccc1CN(CCCN1CCOCC1)C(=S)Nc1ccc(C(F)(F)F)cc1Cl. The molecule has 0 bridgehead atoms. The molecular weight excluding hydrogens is 487 g/mol. The van der Waals surface area contributed by atoms with Gasteiger partial charge in [-0.05, 0) is 49.8 Å². The van der Waals surface area contributed by atoms with Gasteiger partial charge in [0.05, 0.1) is 36.1 Å². The van der Waals surface area contributed by atoms with Gasteiger partial charge in [0.25, 0.3) is 0 Å². The smallest absolute Gasteiger partial charge is 0.416 e. The number of rotatable bonds is 9. The van der Waals surface area contributed by atoms with Crippen LogP contribution in [-0.2, 0) is 17.5 Å². The van der Waals surface area contributed by atoms with Crippen LogP contribution in [-0.4, -0.2) is 60.9 Å². The number of halogens is 4. The van der Waals surface area contributed by atoms with Gasteiger partial charge in [-0.25, -0.2) is 0 Å². The highest BCUT2D eigenvalue weighted by molar-refractivity contribution is 7.80. The molecular formula is C24H29ClF3N3O2S. The van der Waals surface area contributed by atoms with Crippen LogP contribution in [0, 0.1) is 0 Å². The third-order valence-corrected chi connectivity index (χ3v) is 6.14. The summed E-state index contributed by atoms with van der Waals surface area (Å²) in [5.41, 5.74) is 0.497. The maximum Gasteiger partial charge on any atom is 0.416 e. The van der Waals surface area contributed by atoms with Crippen LogP contribution < -0.4 is 10.1 Å². The topological polar surface area (TPSA) is 37.0 Å². The minimum absolute atomic E-state index is 0.0415. The zero-order chi connectivity index (χ0) is 24.6. The van der Waals surface area contributed by atoms with Crippen LogP contribution >= 0.6 is 23.8 Å². The second kappa shape index (κ2) is 12.6. The summed E-state index contributed by atoms with van der Waals surface area (Å²) in [6.45, 7) is 7.78. The molecule has 34 heavy (non-hydrogen) atoms. The molecule has 186 valence electrons. The summed E-state index contributed by atoms with van der Waals surface area (Å²) in [4.78, 5) is 4.33. The van der Waals surface area contributed by atoms with Gasteiger partial charge in [0, 0.05) is 38.3 Å². The van der Waals surface area contributed by atoms with Crippen molar-refractivity contribution in [2.75, 3.05) is 51.3 Å². The standard InChI is InChI=1S/C24H29ClF3N3O2S/c1-2-33-22-7-4-3-6-18(22)17-31(11-5-10-30-12-14-32-15-13-30)23(34)29-21-9-8-19(16-20(21)25)24(26,27)28/h3-4,6-9,16H,2,5,10-15,17H2,1H3,(H,29,34). The Morgan fingerprint density at radius 1 is 1.21 bits per heavy atom. The van der Waals surface area contributed by atoms with E-state index in [0.29, 0.717) is 30.5 Å². The molecule has 2 aromatic carbocycles. The van der Waals surface area contributed by atoms with E-state index in [1.807, 2.05) is 36.1 Å². The van der Waals surface area contributed by atoms with E-state index in [9.17, 15) is 13.2 Å². The highest BCUT2D eigenvalue weighted by atomic mass is 35.5. The molecule has 0 aromatic heterocycles. The molecule has 3 rings (SSSR count). The van der Waals surface area contributed by atoms with Crippen molar-refractivity contribution in [3.05, 3.63) is 58.6 Å². The average molecular weight is 516 g/mol. The first-order chi connectivity index (χ1) is 16.3. The Labute approximate surface area is 208 Å². The lowest BCUT2D eigenvalue weighted by molar-refractivity contribution is -0.137. The second-order valence-corrected chi connectivity index (χ2v) is 8.69. The number of thiocarbonyl (C=S) groups is 1. The summed E-state index contributed by atoms with van der Waals surface area (Å²) in [6, 6.07) is 10.9. The number of morpholine rings is 1. The highest BCUT2D eigenvalue weighted by Gasteiger charge is 2.31. The Bertz CT molecular complexity index is 955. The number of para-hydroxylation sites is 1. The average Bonchev–Trinajstić information content (AvgIpc) is 2.81. The zero-order valence-corrected chi connectivity index (χ0v) is 20.6. The highest BCUT2D eigenvalue weighted by Crippen LogP contribution is 2.34. The Hall–Kier alpha value is -2.07. The molecule has 0 amide bonds. The van der Waals surface area contributed by atoms with E-state index in [1.54, 1.807) is 0 Å². The molecule has 2 aromatic rings. The van der Waals surface area contributed by atoms with Crippen LogP contribution in [0.15, 0.2) is 42.5 Å². The number of ether oxygens (including phenoxy) is 2. The number of nitrogens with one attached hydrogen (secondary N) is 1. The second-order valence-electron chi connectivity index (χ2n) is 7.89. The fraction of sp³-hybridized carbons (Fsp3) is 0.458. The van der Waals surface area contributed by atoms with Gasteiger partial charge in [-0.1, -0.05) is 29.8 Å². The largest absolute Gasteiger partial charge is 0.494 e. The Morgan fingerprint density at radius 2 is 1.94 bits per heavy atom. The van der Waals surface area contributed by atoms with Crippen LogP contribution in [0.2, 0.25) is 5.02 Å². The van der Waals surface area contributed by atoms with E-state index in [4.69, 9.17) is 33.3 Å². The van der Waals surface area contributed by atoms with Crippen LogP contribution in [0.25, 0.3) is 0 Å². The van der Waals surface area contributed by atoms with E-state index in [-0.39, 0.29) is 5.02 Å². The molecule has 0 radical (unpaired) electrons. The van der Waals surface area contributed by atoms with Gasteiger partial charge in [0.2, 0.25) is 0 Å². The van der Waals surface area contributed by atoms with E-state index >= 15 is 0 Å². The summed E-state index contributed by atoms with van der Waals surface area (Å²) in [6.07, 6.45) is -3.60. The molecule has 1 heterocycles. The summed E-state index contributed by atoms with van der Waals surface area (Å²) < 4.78 is 50.1. The fourth-order valence-corrected chi connectivity index (χ4v) is 4.18. The first-order valence-electron chi connectivity index (χ1n) is 11.2. The Balaban J connectivity index is 1.73. The third kappa shape index (κ3) is 7.73. The number of hydrogen-bond donors (Lipinski definition) is 1. The van der Waals surface area contributed by atoms with Crippen molar-refractivity contribution in [2.24, 2.45) is 0 Å².